The third-order valence-electron chi connectivity index (χ3n) is 1.72. The Morgan fingerprint density at radius 3 is 2.40 bits per heavy atom. The second-order valence-corrected chi connectivity index (χ2v) is 2.92. The van der Waals surface area contributed by atoms with Crippen molar-refractivity contribution in [2.24, 2.45) is 0 Å². The van der Waals surface area contributed by atoms with Crippen LogP contribution in [0.5, 0.6) is 0 Å². The third kappa shape index (κ3) is 3.08. The summed E-state index contributed by atoms with van der Waals surface area (Å²) < 4.78 is 37.7. The van der Waals surface area contributed by atoms with Crippen molar-refractivity contribution in [2.75, 3.05) is 19.4 Å². The lowest BCUT2D eigenvalue weighted by atomic mass is 10.5. The van der Waals surface area contributed by atoms with E-state index < -0.39 is 12.7 Å². The molecule has 0 saturated heterocycles. The van der Waals surface area contributed by atoms with Crippen molar-refractivity contribution in [1.82, 2.24) is 20.1 Å². The summed E-state index contributed by atoms with van der Waals surface area (Å²) in [6.07, 6.45) is -4.28. The van der Waals surface area contributed by atoms with Gasteiger partial charge in [-0.1, -0.05) is 0 Å². The van der Waals surface area contributed by atoms with Crippen LogP contribution in [0.1, 0.15) is 5.82 Å². The van der Waals surface area contributed by atoms with E-state index in [-0.39, 0.29) is 18.3 Å². The summed E-state index contributed by atoms with van der Waals surface area (Å²) in [4.78, 5) is 0. The van der Waals surface area contributed by atoms with Gasteiger partial charge >= 0.3 is 6.18 Å². The van der Waals surface area contributed by atoms with Crippen LogP contribution in [-0.4, -0.2) is 35.0 Å². The highest BCUT2D eigenvalue weighted by Gasteiger charge is 2.30. The van der Waals surface area contributed by atoms with Gasteiger partial charge in [-0.25, -0.2) is 0 Å². The average Bonchev–Trinajstić information content (AvgIpc) is 2.47. The molecular formula is C7H12F3N5. The molecule has 15 heavy (non-hydrogen) atoms. The van der Waals surface area contributed by atoms with Gasteiger partial charge in [0.15, 0.2) is 0 Å². The van der Waals surface area contributed by atoms with Crippen molar-refractivity contribution in [3.05, 3.63) is 5.82 Å². The fourth-order valence-electron chi connectivity index (χ4n) is 1.15. The molecule has 0 unspecified atom stereocenters. The molecule has 1 aromatic heterocycles. The van der Waals surface area contributed by atoms with E-state index in [4.69, 9.17) is 0 Å². The van der Waals surface area contributed by atoms with E-state index in [9.17, 15) is 13.2 Å². The summed E-state index contributed by atoms with van der Waals surface area (Å²) >= 11 is 0. The first kappa shape index (κ1) is 11.8. The summed E-state index contributed by atoms with van der Waals surface area (Å²) in [5.74, 6) is 0.358. The van der Waals surface area contributed by atoms with E-state index in [1.54, 1.807) is 7.05 Å². The zero-order chi connectivity index (χ0) is 11.5. The molecule has 0 aliphatic heterocycles. The minimum absolute atomic E-state index is 0.109. The molecule has 0 atom stereocenters. The van der Waals surface area contributed by atoms with Gasteiger partial charge in [0.05, 0.1) is 6.54 Å². The smallest absolute Gasteiger partial charge is 0.357 e. The molecule has 0 aliphatic rings. The molecule has 0 aliphatic carbocycles. The molecule has 5 nitrogen and oxygen atoms in total. The highest BCUT2D eigenvalue weighted by molar-refractivity contribution is 5.24. The van der Waals surface area contributed by atoms with Gasteiger partial charge in [0.2, 0.25) is 5.95 Å². The Bertz CT molecular complexity index is 319. The Morgan fingerprint density at radius 2 is 1.93 bits per heavy atom. The summed E-state index contributed by atoms with van der Waals surface area (Å²) in [7, 11) is 3.13. The SMILES string of the molecule is CNCc1nnc(NC)n1CC(F)(F)F. The van der Waals surface area contributed by atoms with Gasteiger partial charge in [0.1, 0.15) is 12.4 Å². The maximum atomic E-state index is 12.2. The number of halogens is 3. The van der Waals surface area contributed by atoms with Gasteiger partial charge in [-0.2, -0.15) is 13.2 Å². The Balaban J connectivity index is 2.94. The molecular weight excluding hydrogens is 211 g/mol. The van der Waals surface area contributed by atoms with Crippen molar-refractivity contribution in [1.29, 1.82) is 0 Å². The minimum Gasteiger partial charge on any atom is -0.357 e. The van der Waals surface area contributed by atoms with Crippen LogP contribution in [0.15, 0.2) is 0 Å². The summed E-state index contributed by atoms with van der Waals surface area (Å²) in [6.45, 7) is -0.849. The zero-order valence-electron chi connectivity index (χ0n) is 8.39. The number of nitrogens with zero attached hydrogens (tertiary/aromatic N) is 3. The fraction of sp³-hybridized carbons (Fsp3) is 0.714. The zero-order valence-corrected chi connectivity index (χ0v) is 8.39. The molecule has 0 spiro atoms. The molecule has 0 saturated carbocycles. The van der Waals surface area contributed by atoms with Gasteiger partial charge < -0.3 is 10.6 Å². The average molecular weight is 223 g/mol. The van der Waals surface area contributed by atoms with Crippen molar-refractivity contribution in [2.45, 2.75) is 19.3 Å². The minimum atomic E-state index is -4.28. The van der Waals surface area contributed by atoms with Crippen LogP contribution in [-0.2, 0) is 13.1 Å². The lowest BCUT2D eigenvalue weighted by Gasteiger charge is -2.11. The molecule has 0 bridgehead atoms. The maximum Gasteiger partial charge on any atom is 0.406 e. The monoisotopic (exact) mass is 223 g/mol. The van der Waals surface area contributed by atoms with E-state index >= 15 is 0 Å². The second-order valence-electron chi connectivity index (χ2n) is 2.92. The van der Waals surface area contributed by atoms with Gasteiger partial charge in [0.25, 0.3) is 0 Å². The van der Waals surface area contributed by atoms with Crippen LogP contribution < -0.4 is 10.6 Å². The van der Waals surface area contributed by atoms with Crippen molar-refractivity contribution in [3.8, 4) is 0 Å². The first-order valence-corrected chi connectivity index (χ1v) is 4.29. The lowest BCUT2D eigenvalue weighted by Crippen LogP contribution is -2.22. The fourth-order valence-corrected chi connectivity index (χ4v) is 1.15. The number of aromatic nitrogens is 3. The highest BCUT2D eigenvalue weighted by atomic mass is 19.4. The number of alkyl halides is 3. The molecule has 0 aromatic carbocycles. The molecule has 86 valence electrons. The molecule has 8 heteroatoms. The second kappa shape index (κ2) is 4.47. The van der Waals surface area contributed by atoms with E-state index in [2.05, 4.69) is 20.8 Å². The normalized spacial score (nSPS) is 11.8. The first-order valence-electron chi connectivity index (χ1n) is 4.29. The number of hydrogen-bond donors (Lipinski definition) is 2. The van der Waals surface area contributed by atoms with Crippen LogP contribution in [0, 0.1) is 0 Å². The summed E-state index contributed by atoms with van der Waals surface area (Å²) in [5.41, 5.74) is 0. The van der Waals surface area contributed by atoms with Crippen molar-refractivity contribution >= 4 is 5.95 Å². The van der Waals surface area contributed by atoms with E-state index in [1.165, 1.54) is 7.05 Å². The first-order chi connectivity index (χ1) is 6.98. The van der Waals surface area contributed by atoms with Gasteiger partial charge in [0, 0.05) is 7.05 Å². The van der Waals surface area contributed by atoms with Crippen molar-refractivity contribution in [3.63, 3.8) is 0 Å². The number of nitrogens with one attached hydrogen (secondary N) is 2. The van der Waals surface area contributed by atoms with Crippen LogP contribution in [0.3, 0.4) is 0 Å². The number of rotatable bonds is 4. The van der Waals surface area contributed by atoms with Crippen LogP contribution in [0.2, 0.25) is 0 Å². The van der Waals surface area contributed by atoms with Gasteiger partial charge in [-0.3, -0.25) is 4.57 Å². The molecule has 0 radical (unpaired) electrons. The topological polar surface area (TPSA) is 54.8 Å². The third-order valence-corrected chi connectivity index (χ3v) is 1.72. The molecule has 1 heterocycles. The molecule has 1 rings (SSSR count). The Labute approximate surface area is 84.7 Å². The van der Waals surface area contributed by atoms with Gasteiger partial charge in [-0.05, 0) is 7.05 Å². The van der Waals surface area contributed by atoms with E-state index in [0.717, 1.165) is 4.57 Å². The molecule has 0 fully saturated rings. The number of hydrogen-bond acceptors (Lipinski definition) is 4. The molecule has 0 amide bonds. The Kier molecular flexibility index (Phi) is 3.51. The van der Waals surface area contributed by atoms with E-state index in [1.807, 2.05) is 0 Å². The van der Waals surface area contributed by atoms with Crippen LogP contribution >= 0.6 is 0 Å². The summed E-state index contributed by atoms with van der Waals surface area (Å²) in [5, 5.41) is 12.5. The quantitative estimate of drug-likeness (QED) is 0.785. The predicted molar refractivity (Wildman–Crippen MR) is 48.4 cm³/mol. The highest BCUT2D eigenvalue weighted by Crippen LogP contribution is 2.20. The Hall–Kier alpha value is -1.31. The number of anilines is 1. The van der Waals surface area contributed by atoms with Crippen LogP contribution in [0.25, 0.3) is 0 Å². The summed E-state index contributed by atoms with van der Waals surface area (Å²) in [6, 6.07) is 0. The molecule has 2 N–H and O–H groups in total. The molecule has 1 aromatic rings. The predicted octanol–water partition coefficient (Wildman–Crippen LogP) is 0.601. The van der Waals surface area contributed by atoms with Crippen molar-refractivity contribution < 1.29 is 13.2 Å². The lowest BCUT2D eigenvalue weighted by molar-refractivity contribution is -0.140. The maximum absolute atomic E-state index is 12.2. The standard InChI is InChI=1S/C7H12F3N5/c1-11-3-5-13-14-6(12-2)15(5)4-7(8,9)10/h11H,3-4H2,1-2H3,(H,12,14). The van der Waals surface area contributed by atoms with Crippen LogP contribution in [0.4, 0.5) is 19.1 Å². The largest absolute Gasteiger partial charge is 0.406 e. The van der Waals surface area contributed by atoms with Gasteiger partial charge in [-0.15, -0.1) is 10.2 Å². The van der Waals surface area contributed by atoms with E-state index in [0.29, 0.717) is 0 Å². The Morgan fingerprint density at radius 1 is 1.27 bits per heavy atom.